The van der Waals surface area contributed by atoms with Crippen LogP contribution in [0.2, 0.25) is 5.02 Å². The van der Waals surface area contributed by atoms with Crippen LogP contribution >= 0.6 is 11.6 Å². The highest BCUT2D eigenvalue weighted by Gasteiger charge is 2.47. The summed E-state index contributed by atoms with van der Waals surface area (Å²) < 4.78 is 5.71. The van der Waals surface area contributed by atoms with E-state index in [1.807, 2.05) is 60.7 Å². The highest BCUT2D eigenvalue weighted by molar-refractivity contribution is 6.30. The number of para-hydroxylation sites is 1. The second-order valence-electron chi connectivity index (χ2n) is 7.48. The van der Waals surface area contributed by atoms with Gasteiger partial charge in [0.1, 0.15) is 18.0 Å². The van der Waals surface area contributed by atoms with Crippen LogP contribution in [0.4, 0.5) is 0 Å². The number of ether oxygens (including phenoxy) is 1. The second kappa shape index (κ2) is 9.23. The van der Waals surface area contributed by atoms with Gasteiger partial charge in [0.2, 0.25) is 5.91 Å². The molecule has 0 aliphatic carbocycles. The van der Waals surface area contributed by atoms with Crippen molar-refractivity contribution in [2.75, 3.05) is 13.7 Å². The van der Waals surface area contributed by atoms with Crippen molar-refractivity contribution < 1.29 is 14.3 Å². The third-order valence-corrected chi connectivity index (χ3v) is 5.68. The fraction of sp³-hybridized carbons (Fsp3) is 0.200. The van der Waals surface area contributed by atoms with Crippen LogP contribution in [0.1, 0.15) is 17.3 Å². The normalized spacial score (nSPS) is 18.3. The summed E-state index contributed by atoms with van der Waals surface area (Å²) in [7, 11) is 1.74. The molecule has 2 amide bonds. The van der Waals surface area contributed by atoms with E-state index in [4.69, 9.17) is 16.3 Å². The molecule has 6 heteroatoms. The molecule has 1 aliphatic rings. The minimum atomic E-state index is -0.622. The Morgan fingerprint density at radius 1 is 0.935 bits per heavy atom. The van der Waals surface area contributed by atoms with Crippen LogP contribution < -0.4 is 4.74 Å². The van der Waals surface area contributed by atoms with Gasteiger partial charge in [-0.3, -0.25) is 9.59 Å². The lowest BCUT2D eigenvalue weighted by atomic mass is 10.0. The summed E-state index contributed by atoms with van der Waals surface area (Å²) in [5.74, 6) is 0.270. The van der Waals surface area contributed by atoms with Crippen LogP contribution in [0.25, 0.3) is 0 Å². The van der Waals surface area contributed by atoms with Gasteiger partial charge in [-0.2, -0.15) is 0 Å². The number of carbonyl (C=O) groups excluding carboxylic acids is 2. The smallest absolute Gasteiger partial charge is 0.263 e. The second-order valence-corrected chi connectivity index (χ2v) is 7.92. The van der Waals surface area contributed by atoms with E-state index in [0.717, 1.165) is 11.1 Å². The highest BCUT2D eigenvalue weighted by Crippen LogP contribution is 2.35. The first-order chi connectivity index (χ1) is 15.0. The van der Waals surface area contributed by atoms with Crippen molar-refractivity contribution in [2.24, 2.45) is 0 Å². The van der Waals surface area contributed by atoms with Gasteiger partial charge in [-0.25, -0.2) is 0 Å². The maximum absolute atomic E-state index is 13.3. The van der Waals surface area contributed by atoms with Crippen LogP contribution in [-0.2, 0) is 16.0 Å². The van der Waals surface area contributed by atoms with Crippen LogP contribution in [0.15, 0.2) is 84.9 Å². The Bertz CT molecular complexity index is 1040. The molecule has 3 aromatic rings. The molecule has 0 radical (unpaired) electrons. The average Bonchev–Trinajstić information content (AvgIpc) is 3.05. The molecule has 0 spiro atoms. The fourth-order valence-electron chi connectivity index (χ4n) is 3.92. The summed E-state index contributed by atoms with van der Waals surface area (Å²) in [5, 5.41) is 0.630. The molecular formula is C25H23ClN2O3. The quantitative estimate of drug-likeness (QED) is 0.580. The predicted octanol–water partition coefficient (Wildman–Crippen LogP) is 4.33. The van der Waals surface area contributed by atoms with E-state index in [1.165, 1.54) is 0 Å². The number of halogens is 1. The highest BCUT2D eigenvalue weighted by atomic mass is 35.5. The third-order valence-electron chi connectivity index (χ3n) is 5.43. The Hall–Kier alpha value is -3.31. The zero-order valence-electron chi connectivity index (χ0n) is 17.1. The van der Waals surface area contributed by atoms with Gasteiger partial charge in [0, 0.05) is 18.5 Å². The number of carbonyl (C=O) groups is 2. The molecule has 5 nitrogen and oxygen atoms in total. The van der Waals surface area contributed by atoms with E-state index >= 15 is 0 Å². The maximum Gasteiger partial charge on any atom is 0.263 e. The molecule has 0 saturated carbocycles. The van der Waals surface area contributed by atoms with E-state index in [1.54, 1.807) is 41.1 Å². The summed E-state index contributed by atoms with van der Waals surface area (Å²) in [6.45, 7) is -0.147. The first kappa shape index (κ1) is 20.9. The van der Waals surface area contributed by atoms with Crippen molar-refractivity contribution in [1.82, 2.24) is 9.80 Å². The van der Waals surface area contributed by atoms with Crippen LogP contribution in [-0.4, -0.2) is 41.3 Å². The molecule has 0 bridgehead atoms. The van der Waals surface area contributed by atoms with Crippen molar-refractivity contribution >= 4 is 23.4 Å². The van der Waals surface area contributed by atoms with Crippen LogP contribution in [0, 0.1) is 0 Å². The zero-order chi connectivity index (χ0) is 21.8. The van der Waals surface area contributed by atoms with Gasteiger partial charge in [-0.15, -0.1) is 0 Å². The first-order valence-corrected chi connectivity index (χ1v) is 10.5. The molecule has 31 heavy (non-hydrogen) atoms. The number of nitrogens with zero attached hydrogens (tertiary/aromatic N) is 2. The molecule has 1 heterocycles. The van der Waals surface area contributed by atoms with Crippen LogP contribution in [0.3, 0.4) is 0 Å². The summed E-state index contributed by atoms with van der Waals surface area (Å²) in [6.07, 6.45) is -0.0846. The lowest BCUT2D eigenvalue weighted by molar-refractivity contribution is -0.138. The monoisotopic (exact) mass is 434 g/mol. The van der Waals surface area contributed by atoms with Gasteiger partial charge in [0.05, 0.1) is 0 Å². The average molecular weight is 435 g/mol. The van der Waals surface area contributed by atoms with E-state index in [9.17, 15) is 9.59 Å². The largest absolute Gasteiger partial charge is 0.484 e. The number of rotatable bonds is 6. The Labute approximate surface area is 186 Å². The van der Waals surface area contributed by atoms with Crippen molar-refractivity contribution in [3.05, 3.63) is 101 Å². The molecule has 0 N–H and O–H groups in total. The van der Waals surface area contributed by atoms with Crippen molar-refractivity contribution in [3.8, 4) is 5.75 Å². The summed E-state index contributed by atoms with van der Waals surface area (Å²) in [6, 6.07) is 25.5. The molecule has 1 aliphatic heterocycles. The third kappa shape index (κ3) is 4.57. The number of benzene rings is 3. The van der Waals surface area contributed by atoms with E-state index in [0.29, 0.717) is 17.2 Å². The minimum absolute atomic E-state index is 0.100. The van der Waals surface area contributed by atoms with Gasteiger partial charge in [0.15, 0.2) is 6.61 Å². The van der Waals surface area contributed by atoms with Gasteiger partial charge in [-0.1, -0.05) is 72.3 Å². The Morgan fingerprint density at radius 2 is 1.55 bits per heavy atom. The maximum atomic E-state index is 13.3. The fourth-order valence-corrected chi connectivity index (χ4v) is 4.04. The van der Waals surface area contributed by atoms with Crippen molar-refractivity contribution in [2.45, 2.75) is 18.6 Å². The van der Waals surface area contributed by atoms with E-state index in [2.05, 4.69) is 0 Å². The molecule has 2 unspecified atom stereocenters. The lowest BCUT2D eigenvalue weighted by Crippen LogP contribution is -2.43. The van der Waals surface area contributed by atoms with Crippen LogP contribution in [0.5, 0.6) is 5.75 Å². The van der Waals surface area contributed by atoms with E-state index in [-0.39, 0.29) is 18.4 Å². The molecule has 1 saturated heterocycles. The number of hydrogen-bond acceptors (Lipinski definition) is 3. The lowest BCUT2D eigenvalue weighted by Gasteiger charge is -2.30. The van der Waals surface area contributed by atoms with E-state index < -0.39 is 12.2 Å². The molecule has 158 valence electrons. The summed E-state index contributed by atoms with van der Waals surface area (Å²) >= 11 is 6.01. The number of likely N-dealkylation sites (N-methyl/N-ethyl adjacent to an activating group) is 1. The first-order valence-electron chi connectivity index (χ1n) is 10.1. The summed E-state index contributed by atoms with van der Waals surface area (Å²) in [4.78, 5) is 29.8. The predicted molar refractivity (Wildman–Crippen MR) is 120 cm³/mol. The molecule has 3 aromatic carbocycles. The molecule has 4 rings (SSSR count). The van der Waals surface area contributed by atoms with Crippen molar-refractivity contribution in [3.63, 3.8) is 0 Å². The van der Waals surface area contributed by atoms with Gasteiger partial charge >= 0.3 is 0 Å². The topological polar surface area (TPSA) is 49.9 Å². The molecule has 2 atom stereocenters. The van der Waals surface area contributed by atoms with Crippen molar-refractivity contribution in [1.29, 1.82) is 0 Å². The Balaban J connectivity index is 1.63. The molecule has 1 fully saturated rings. The number of amides is 2. The molecular weight excluding hydrogens is 412 g/mol. The molecule has 0 aromatic heterocycles. The van der Waals surface area contributed by atoms with Gasteiger partial charge in [-0.05, 0) is 35.4 Å². The standard InChI is InChI=1S/C25H23ClN2O3/c1-27-24(19-8-4-2-5-9-19)28(23(29)17-31-21-10-6-3-7-11-21)22(25(27)30)16-18-12-14-20(26)15-13-18/h2-15,22,24H,16-17H2,1H3. The summed E-state index contributed by atoms with van der Waals surface area (Å²) in [5.41, 5.74) is 1.82. The van der Waals surface area contributed by atoms with Gasteiger partial charge in [0.25, 0.3) is 5.91 Å². The number of hydrogen-bond donors (Lipinski definition) is 0. The Kier molecular flexibility index (Phi) is 6.23. The Morgan fingerprint density at radius 3 is 2.19 bits per heavy atom. The minimum Gasteiger partial charge on any atom is -0.484 e. The SMILES string of the molecule is CN1C(=O)C(Cc2ccc(Cl)cc2)N(C(=O)COc2ccccc2)C1c1ccccc1. The van der Waals surface area contributed by atoms with Gasteiger partial charge < -0.3 is 14.5 Å². The zero-order valence-corrected chi connectivity index (χ0v) is 17.9.